The molecule has 0 heterocycles. The van der Waals surface area contributed by atoms with Crippen LogP contribution in [0.4, 0.5) is 0 Å². The molecule has 0 spiro atoms. The summed E-state index contributed by atoms with van der Waals surface area (Å²) in [4.78, 5) is 11.6. The lowest BCUT2D eigenvalue weighted by Crippen LogP contribution is -2.36. The van der Waals surface area contributed by atoms with Crippen LogP contribution < -0.4 is 15.4 Å². The average molecular weight is 315 g/mol. The van der Waals surface area contributed by atoms with Crippen LogP contribution in [0.25, 0.3) is 0 Å². The summed E-state index contributed by atoms with van der Waals surface area (Å²) in [6, 6.07) is 5.75. The standard InChI is InChI=1S/C13H19BrN2O2/c1-4-16-13(17)9(2)18-12-6-5-11(14)7-10(12)8-15-3/h5-7,9,15H,4,8H2,1-3H3,(H,16,17). The maximum Gasteiger partial charge on any atom is 0.260 e. The van der Waals surface area contributed by atoms with Gasteiger partial charge in [-0.05, 0) is 39.1 Å². The molecule has 1 rings (SSSR count). The van der Waals surface area contributed by atoms with E-state index in [9.17, 15) is 4.79 Å². The lowest BCUT2D eigenvalue weighted by molar-refractivity contribution is -0.127. The van der Waals surface area contributed by atoms with Crippen LogP contribution in [0.3, 0.4) is 0 Å². The van der Waals surface area contributed by atoms with E-state index in [1.54, 1.807) is 6.92 Å². The highest BCUT2D eigenvalue weighted by Crippen LogP contribution is 2.24. The summed E-state index contributed by atoms with van der Waals surface area (Å²) in [6.07, 6.45) is -0.498. The average Bonchev–Trinajstić information content (AvgIpc) is 2.33. The smallest absolute Gasteiger partial charge is 0.260 e. The molecule has 1 unspecified atom stereocenters. The van der Waals surface area contributed by atoms with Crippen molar-refractivity contribution in [3.63, 3.8) is 0 Å². The first-order valence-corrected chi connectivity index (χ1v) is 6.75. The van der Waals surface area contributed by atoms with Crippen molar-refractivity contribution in [1.29, 1.82) is 0 Å². The topological polar surface area (TPSA) is 50.4 Å². The summed E-state index contributed by atoms with van der Waals surface area (Å²) in [5.41, 5.74) is 1.02. The number of hydrogen-bond acceptors (Lipinski definition) is 3. The van der Waals surface area contributed by atoms with E-state index in [0.717, 1.165) is 15.8 Å². The van der Waals surface area contributed by atoms with Crippen LogP contribution >= 0.6 is 15.9 Å². The van der Waals surface area contributed by atoms with E-state index in [4.69, 9.17) is 4.74 Å². The number of rotatable bonds is 6. The van der Waals surface area contributed by atoms with Crippen LogP contribution in [-0.4, -0.2) is 25.6 Å². The number of hydrogen-bond donors (Lipinski definition) is 2. The second-order valence-electron chi connectivity index (χ2n) is 3.94. The molecule has 0 aliphatic heterocycles. The van der Waals surface area contributed by atoms with E-state index in [1.807, 2.05) is 32.2 Å². The largest absolute Gasteiger partial charge is 0.481 e. The summed E-state index contributed by atoms with van der Waals surface area (Å²) in [6.45, 7) is 4.93. The Balaban J connectivity index is 2.79. The fourth-order valence-corrected chi connectivity index (χ4v) is 1.96. The molecule has 0 saturated heterocycles. The Bertz CT molecular complexity index is 410. The first kappa shape index (κ1) is 15.0. The van der Waals surface area contributed by atoms with Crippen molar-refractivity contribution >= 4 is 21.8 Å². The summed E-state index contributed by atoms with van der Waals surface area (Å²) in [7, 11) is 1.87. The van der Waals surface area contributed by atoms with Crippen molar-refractivity contribution in [1.82, 2.24) is 10.6 Å². The van der Waals surface area contributed by atoms with Gasteiger partial charge < -0.3 is 15.4 Å². The Morgan fingerprint density at radius 2 is 2.22 bits per heavy atom. The number of benzene rings is 1. The third-order valence-electron chi connectivity index (χ3n) is 2.41. The van der Waals surface area contributed by atoms with Gasteiger partial charge in [0, 0.05) is 23.1 Å². The van der Waals surface area contributed by atoms with E-state index in [2.05, 4.69) is 26.6 Å². The fourth-order valence-electron chi connectivity index (χ4n) is 1.55. The quantitative estimate of drug-likeness (QED) is 0.845. The van der Waals surface area contributed by atoms with Gasteiger partial charge in [0.25, 0.3) is 5.91 Å². The van der Waals surface area contributed by atoms with Gasteiger partial charge in [-0.3, -0.25) is 4.79 Å². The predicted octanol–water partition coefficient (Wildman–Crippen LogP) is 2.07. The van der Waals surface area contributed by atoms with Gasteiger partial charge in [-0.1, -0.05) is 15.9 Å². The molecule has 4 nitrogen and oxygen atoms in total. The van der Waals surface area contributed by atoms with E-state index >= 15 is 0 Å². The number of halogens is 1. The molecule has 0 aromatic heterocycles. The molecule has 0 radical (unpaired) electrons. The fraction of sp³-hybridized carbons (Fsp3) is 0.462. The number of carbonyl (C=O) groups is 1. The molecule has 0 aliphatic carbocycles. The number of carbonyl (C=O) groups excluding carboxylic acids is 1. The minimum Gasteiger partial charge on any atom is -0.481 e. The highest BCUT2D eigenvalue weighted by Gasteiger charge is 2.15. The molecule has 18 heavy (non-hydrogen) atoms. The first-order valence-electron chi connectivity index (χ1n) is 5.95. The molecule has 1 aromatic rings. The Morgan fingerprint density at radius 3 is 2.83 bits per heavy atom. The number of likely N-dealkylation sites (N-methyl/N-ethyl adjacent to an activating group) is 1. The summed E-state index contributed by atoms with van der Waals surface area (Å²) < 4.78 is 6.69. The minimum atomic E-state index is -0.498. The molecule has 5 heteroatoms. The van der Waals surface area contributed by atoms with Crippen molar-refractivity contribution in [2.24, 2.45) is 0 Å². The second-order valence-corrected chi connectivity index (χ2v) is 4.85. The van der Waals surface area contributed by atoms with Crippen molar-refractivity contribution in [3.8, 4) is 5.75 Å². The zero-order valence-electron chi connectivity index (χ0n) is 10.9. The highest BCUT2D eigenvalue weighted by molar-refractivity contribution is 9.10. The van der Waals surface area contributed by atoms with Crippen molar-refractivity contribution in [3.05, 3.63) is 28.2 Å². The Morgan fingerprint density at radius 1 is 1.50 bits per heavy atom. The molecule has 100 valence electrons. The van der Waals surface area contributed by atoms with E-state index in [1.165, 1.54) is 0 Å². The van der Waals surface area contributed by atoms with Gasteiger partial charge in [0.15, 0.2) is 6.10 Å². The van der Waals surface area contributed by atoms with Crippen LogP contribution in [0.5, 0.6) is 5.75 Å². The number of nitrogens with one attached hydrogen (secondary N) is 2. The molecule has 0 bridgehead atoms. The van der Waals surface area contributed by atoms with Gasteiger partial charge in [-0.25, -0.2) is 0 Å². The third kappa shape index (κ3) is 4.31. The Kier molecular flexibility index (Phi) is 6.15. The first-order chi connectivity index (χ1) is 8.58. The van der Waals surface area contributed by atoms with Crippen LogP contribution in [-0.2, 0) is 11.3 Å². The minimum absolute atomic E-state index is 0.101. The second kappa shape index (κ2) is 7.38. The van der Waals surface area contributed by atoms with E-state index in [0.29, 0.717) is 13.1 Å². The SMILES string of the molecule is CCNC(=O)C(C)Oc1ccc(Br)cc1CNC. The molecule has 0 fully saturated rings. The lowest BCUT2D eigenvalue weighted by atomic mass is 10.2. The zero-order chi connectivity index (χ0) is 13.5. The third-order valence-corrected chi connectivity index (χ3v) is 2.91. The maximum atomic E-state index is 11.6. The highest BCUT2D eigenvalue weighted by atomic mass is 79.9. The van der Waals surface area contributed by atoms with Gasteiger partial charge in [-0.2, -0.15) is 0 Å². The van der Waals surface area contributed by atoms with Gasteiger partial charge in [0.2, 0.25) is 0 Å². The molecule has 1 atom stereocenters. The van der Waals surface area contributed by atoms with Crippen LogP contribution in [0, 0.1) is 0 Å². The lowest BCUT2D eigenvalue weighted by Gasteiger charge is -2.17. The molecule has 1 amide bonds. The Hall–Kier alpha value is -1.07. The molecule has 0 saturated carbocycles. The predicted molar refractivity (Wildman–Crippen MR) is 75.7 cm³/mol. The van der Waals surface area contributed by atoms with Crippen molar-refractivity contribution < 1.29 is 9.53 Å². The monoisotopic (exact) mass is 314 g/mol. The number of amides is 1. The molecular formula is C13H19BrN2O2. The van der Waals surface area contributed by atoms with Crippen molar-refractivity contribution in [2.45, 2.75) is 26.5 Å². The normalized spacial score (nSPS) is 12.0. The van der Waals surface area contributed by atoms with Gasteiger partial charge >= 0.3 is 0 Å². The molecule has 0 aliphatic rings. The number of ether oxygens (including phenoxy) is 1. The van der Waals surface area contributed by atoms with E-state index in [-0.39, 0.29) is 5.91 Å². The van der Waals surface area contributed by atoms with Gasteiger partial charge in [-0.15, -0.1) is 0 Å². The van der Waals surface area contributed by atoms with Gasteiger partial charge in [0.1, 0.15) is 5.75 Å². The summed E-state index contributed by atoms with van der Waals surface area (Å²) in [5.74, 6) is 0.627. The molecular weight excluding hydrogens is 296 g/mol. The van der Waals surface area contributed by atoms with Crippen LogP contribution in [0.15, 0.2) is 22.7 Å². The van der Waals surface area contributed by atoms with Crippen LogP contribution in [0.2, 0.25) is 0 Å². The molecule has 1 aromatic carbocycles. The molecule has 2 N–H and O–H groups in total. The summed E-state index contributed by atoms with van der Waals surface area (Å²) in [5, 5.41) is 5.82. The summed E-state index contributed by atoms with van der Waals surface area (Å²) >= 11 is 3.42. The zero-order valence-corrected chi connectivity index (χ0v) is 12.5. The van der Waals surface area contributed by atoms with Crippen LogP contribution in [0.1, 0.15) is 19.4 Å². The van der Waals surface area contributed by atoms with E-state index < -0.39 is 6.10 Å². The maximum absolute atomic E-state index is 11.6. The Labute approximate surface area is 116 Å². The van der Waals surface area contributed by atoms with Crippen molar-refractivity contribution in [2.75, 3.05) is 13.6 Å². The van der Waals surface area contributed by atoms with Gasteiger partial charge in [0.05, 0.1) is 0 Å².